The van der Waals surface area contributed by atoms with E-state index in [2.05, 4.69) is 15.0 Å². The van der Waals surface area contributed by atoms with Crippen molar-refractivity contribution in [1.82, 2.24) is 14.9 Å². The first kappa shape index (κ1) is 10.7. The van der Waals surface area contributed by atoms with Crippen LogP contribution in [0.15, 0.2) is 12.4 Å². The van der Waals surface area contributed by atoms with Crippen molar-refractivity contribution < 1.29 is 9.53 Å². The number of carbonyl (C=O) groups is 1. The molecule has 0 aromatic carbocycles. The van der Waals surface area contributed by atoms with E-state index < -0.39 is 0 Å². The Labute approximate surface area is 83.1 Å². The third-order valence-electron chi connectivity index (χ3n) is 1.94. The summed E-state index contributed by atoms with van der Waals surface area (Å²) in [5.41, 5.74) is 0. The molecular weight excluding hydrogens is 182 g/mol. The van der Waals surface area contributed by atoms with Crippen LogP contribution in [-0.2, 0) is 23.0 Å². The van der Waals surface area contributed by atoms with Crippen LogP contribution in [-0.4, -0.2) is 35.7 Å². The molecule has 0 saturated carbocycles. The third-order valence-corrected chi connectivity index (χ3v) is 1.94. The lowest BCUT2D eigenvalue weighted by Gasteiger charge is -2.03. The fraction of sp³-hybridized carbons (Fsp3) is 0.556. The fourth-order valence-corrected chi connectivity index (χ4v) is 1.10. The lowest BCUT2D eigenvalue weighted by atomic mass is 10.4. The Morgan fingerprint density at radius 3 is 3.07 bits per heavy atom. The number of nitrogens with one attached hydrogen (secondary N) is 1. The summed E-state index contributed by atoms with van der Waals surface area (Å²) in [6.45, 7) is 0.973. The Bertz CT molecular complexity index is 296. The highest BCUT2D eigenvalue weighted by atomic mass is 16.5. The number of hydrogen-bond donors (Lipinski definition) is 1. The first-order valence-corrected chi connectivity index (χ1v) is 4.47. The van der Waals surface area contributed by atoms with E-state index in [9.17, 15) is 4.79 Å². The number of rotatable bonds is 5. The molecule has 0 aliphatic carbocycles. The van der Waals surface area contributed by atoms with Gasteiger partial charge < -0.3 is 14.6 Å². The number of esters is 1. The van der Waals surface area contributed by atoms with Crippen molar-refractivity contribution in [2.24, 2.45) is 7.05 Å². The van der Waals surface area contributed by atoms with Gasteiger partial charge in [-0.1, -0.05) is 0 Å². The Kier molecular flexibility index (Phi) is 4.12. The van der Waals surface area contributed by atoms with Crippen molar-refractivity contribution in [1.29, 1.82) is 0 Å². The molecule has 5 nitrogen and oxygen atoms in total. The second-order valence-corrected chi connectivity index (χ2v) is 2.96. The van der Waals surface area contributed by atoms with Gasteiger partial charge in [0.1, 0.15) is 5.82 Å². The summed E-state index contributed by atoms with van der Waals surface area (Å²) in [7, 11) is 3.32. The largest absolute Gasteiger partial charge is 0.468 e. The molecule has 0 amide bonds. The highest BCUT2D eigenvalue weighted by molar-refractivity contribution is 5.71. The summed E-state index contributed by atoms with van der Waals surface area (Å²) in [6, 6.07) is 0. The van der Waals surface area contributed by atoms with E-state index in [1.807, 2.05) is 17.8 Å². The molecule has 0 bridgehead atoms. The number of ether oxygens (including phenoxy) is 1. The first-order valence-electron chi connectivity index (χ1n) is 4.47. The Morgan fingerprint density at radius 2 is 2.50 bits per heavy atom. The van der Waals surface area contributed by atoms with Crippen molar-refractivity contribution in [3.63, 3.8) is 0 Å². The van der Waals surface area contributed by atoms with Crippen molar-refractivity contribution in [2.45, 2.75) is 6.42 Å². The lowest BCUT2D eigenvalue weighted by Crippen LogP contribution is -2.26. The van der Waals surface area contributed by atoms with E-state index in [1.165, 1.54) is 7.11 Å². The van der Waals surface area contributed by atoms with Crippen LogP contribution >= 0.6 is 0 Å². The second kappa shape index (κ2) is 5.39. The molecule has 0 unspecified atom stereocenters. The summed E-state index contributed by atoms with van der Waals surface area (Å²) in [5.74, 6) is 0.757. The minimum Gasteiger partial charge on any atom is -0.468 e. The molecule has 5 heteroatoms. The SMILES string of the molecule is COC(=O)CNCCc1nccn1C. The van der Waals surface area contributed by atoms with Gasteiger partial charge in [0, 0.05) is 32.4 Å². The zero-order chi connectivity index (χ0) is 10.4. The molecule has 1 N–H and O–H groups in total. The molecule has 0 spiro atoms. The van der Waals surface area contributed by atoms with E-state index in [1.54, 1.807) is 6.20 Å². The van der Waals surface area contributed by atoms with Gasteiger partial charge in [-0.3, -0.25) is 4.79 Å². The normalized spacial score (nSPS) is 10.1. The molecule has 1 heterocycles. The molecule has 1 aromatic rings. The van der Waals surface area contributed by atoms with Crippen LogP contribution in [0, 0.1) is 0 Å². The standard InChI is InChI=1S/C9H15N3O2/c1-12-6-5-11-8(12)3-4-10-7-9(13)14-2/h5-6,10H,3-4,7H2,1-2H3. The number of aryl methyl sites for hydroxylation is 1. The van der Waals surface area contributed by atoms with Crippen molar-refractivity contribution in [2.75, 3.05) is 20.2 Å². The lowest BCUT2D eigenvalue weighted by molar-refractivity contribution is -0.139. The van der Waals surface area contributed by atoms with Gasteiger partial charge in [-0.2, -0.15) is 0 Å². The molecule has 78 valence electrons. The highest BCUT2D eigenvalue weighted by Crippen LogP contribution is 1.93. The molecule has 0 atom stereocenters. The zero-order valence-electron chi connectivity index (χ0n) is 8.49. The maximum atomic E-state index is 10.7. The molecule has 0 saturated heterocycles. The minimum absolute atomic E-state index is 0.246. The topological polar surface area (TPSA) is 56.1 Å². The van der Waals surface area contributed by atoms with Gasteiger partial charge in [-0.15, -0.1) is 0 Å². The van der Waals surface area contributed by atoms with Gasteiger partial charge in [-0.05, 0) is 0 Å². The summed E-state index contributed by atoms with van der Waals surface area (Å²) in [4.78, 5) is 14.9. The van der Waals surface area contributed by atoms with E-state index in [4.69, 9.17) is 0 Å². The van der Waals surface area contributed by atoms with Crippen LogP contribution in [0.1, 0.15) is 5.82 Å². The average Bonchev–Trinajstić information content (AvgIpc) is 2.58. The van der Waals surface area contributed by atoms with Gasteiger partial charge >= 0.3 is 5.97 Å². The summed E-state index contributed by atoms with van der Waals surface area (Å²) >= 11 is 0. The van der Waals surface area contributed by atoms with Crippen molar-refractivity contribution >= 4 is 5.97 Å². The first-order chi connectivity index (χ1) is 6.74. The third kappa shape index (κ3) is 3.18. The quantitative estimate of drug-likeness (QED) is 0.521. The fourth-order valence-electron chi connectivity index (χ4n) is 1.10. The maximum absolute atomic E-state index is 10.7. The van der Waals surface area contributed by atoms with Crippen LogP contribution in [0.25, 0.3) is 0 Å². The van der Waals surface area contributed by atoms with Crippen molar-refractivity contribution in [3.05, 3.63) is 18.2 Å². The van der Waals surface area contributed by atoms with Gasteiger partial charge in [0.25, 0.3) is 0 Å². The summed E-state index contributed by atoms with van der Waals surface area (Å²) < 4.78 is 6.45. The summed E-state index contributed by atoms with van der Waals surface area (Å²) in [6.07, 6.45) is 4.46. The minimum atomic E-state index is -0.246. The van der Waals surface area contributed by atoms with Gasteiger partial charge in [0.05, 0.1) is 13.7 Å². The van der Waals surface area contributed by atoms with Crippen LogP contribution in [0.5, 0.6) is 0 Å². The molecule has 1 aromatic heterocycles. The number of nitrogens with zero attached hydrogens (tertiary/aromatic N) is 2. The average molecular weight is 197 g/mol. The zero-order valence-corrected chi connectivity index (χ0v) is 8.49. The number of imidazole rings is 1. The molecule has 14 heavy (non-hydrogen) atoms. The van der Waals surface area contributed by atoms with Crippen molar-refractivity contribution in [3.8, 4) is 0 Å². The van der Waals surface area contributed by atoms with Crippen LogP contribution in [0.3, 0.4) is 0 Å². The van der Waals surface area contributed by atoms with E-state index in [0.717, 1.165) is 18.8 Å². The van der Waals surface area contributed by atoms with Crippen LogP contribution in [0.4, 0.5) is 0 Å². The second-order valence-electron chi connectivity index (χ2n) is 2.96. The number of carbonyl (C=O) groups excluding carboxylic acids is 1. The van der Waals surface area contributed by atoms with E-state index in [0.29, 0.717) is 0 Å². The monoisotopic (exact) mass is 197 g/mol. The number of hydrogen-bond acceptors (Lipinski definition) is 4. The number of methoxy groups -OCH3 is 1. The Balaban J connectivity index is 2.16. The predicted molar refractivity (Wildman–Crippen MR) is 51.8 cm³/mol. The molecular formula is C9H15N3O2. The molecule has 0 aliphatic rings. The van der Waals surface area contributed by atoms with E-state index >= 15 is 0 Å². The summed E-state index contributed by atoms with van der Waals surface area (Å²) in [5, 5.41) is 2.97. The Hall–Kier alpha value is -1.36. The predicted octanol–water partition coefficient (Wildman–Crippen LogP) is -0.275. The van der Waals surface area contributed by atoms with Crippen LogP contribution < -0.4 is 5.32 Å². The molecule has 0 fully saturated rings. The molecule has 0 aliphatic heterocycles. The highest BCUT2D eigenvalue weighted by Gasteiger charge is 2.00. The van der Waals surface area contributed by atoms with E-state index in [-0.39, 0.29) is 12.5 Å². The van der Waals surface area contributed by atoms with Crippen LogP contribution in [0.2, 0.25) is 0 Å². The van der Waals surface area contributed by atoms with Gasteiger partial charge in [0.2, 0.25) is 0 Å². The number of aromatic nitrogens is 2. The maximum Gasteiger partial charge on any atom is 0.319 e. The molecule has 0 radical (unpaired) electrons. The van der Waals surface area contributed by atoms with Gasteiger partial charge in [-0.25, -0.2) is 4.98 Å². The Morgan fingerprint density at radius 1 is 1.71 bits per heavy atom. The molecule has 1 rings (SSSR count). The van der Waals surface area contributed by atoms with Gasteiger partial charge in [0.15, 0.2) is 0 Å². The smallest absolute Gasteiger partial charge is 0.319 e.